The van der Waals surface area contributed by atoms with E-state index in [1.165, 1.54) is 12.3 Å². The van der Waals surface area contributed by atoms with Crippen molar-refractivity contribution >= 4 is 5.91 Å². The van der Waals surface area contributed by atoms with Crippen LogP contribution in [0, 0.1) is 5.82 Å². The summed E-state index contributed by atoms with van der Waals surface area (Å²) in [7, 11) is 0. The maximum atomic E-state index is 14.3. The Morgan fingerprint density at radius 1 is 1.28 bits per heavy atom. The van der Waals surface area contributed by atoms with Crippen LogP contribution in [0.5, 0.6) is 0 Å². The number of aliphatic hydroxyl groups excluding tert-OH is 1. The minimum atomic E-state index is -0.323. The van der Waals surface area contributed by atoms with Gasteiger partial charge in [-0.2, -0.15) is 0 Å². The summed E-state index contributed by atoms with van der Waals surface area (Å²) in [6, 6.07) is 9.72. The van der Waals surface area contributed by atoms with Gasteiger partial charge in [-0.1, -0.05) is 18.2 Å². The zero-order chi connectivity index (χ0) is 17.6. The molecule has 2 heterocycles. The van der Waals surface area contributed by atoms with Crippen molar-refractivity contribution in [1.82, 2.24) is 15.2 Å². The Hall–Kier alpha value is -2.31. The van der Waals surface area contributed by atoms with Gasteiger partial charge in [0.1, 0.15) is 11.5 Å². The highest BCUT2D eigenvalue weighted by molar-refractivity contribution is 5.92. The van der Waals surface area contributed by atoms with E-state index in [2.05, 4.69) is 15.2 Å². The summed E-state index contributed by atoms with van der Waals surface area (Å²) in [5, 5.41) is 12.0. The summed E-state index contributed by atoms with van der Waals surface area (Å²) in [5.41, 5.74) is 1.48. The van der Waals surface area contributed by atoms with Crippen LogP contribution in [0.3, 0.4) is 0 Å². The fourth-order valence-electron chi connectivity index (χ4n) is 3.21. The van der Waals surface area contributed by atoms with Gasteiger partial charge in [0.2, 0.25) is 0 Å². The minimum Gasteiger partial charge on any atom is -0.392 e. The summed E-state index contributed by atoms with van der Waals surface area (Å²) in [4.78, 5) is 18.6. The molecule has 2 N–H and O–H groups in total. The number of hydrogen-bond acceptors (Lipinski definition) is 4. The molecule has 1 atom stereocenters. The number of pyridine rings is 1. The fourth-order valence-corrected chi connectivity index (χ4v) is 3.21. The number of aromatic nitrogens is 1. The van der Waals surface area contributed by atoms with Gasteiger partial charge in [-0.15, -0.1) is 0 Å². The van der Waals surface area contributed by atoms with Crippen molar-refractivity contribution in [3.8, 4) is 0 Å². The highest BCUT2D eigenvalue weighted by atomic mass is 19.1. The van der Waals surface area contributed by atoms with Gasteiger partial charge < -0.3 is 10.4 Å². The minimum absolute atomic E-state index is 0.144. The van der Waals surface area contributed by atoms with Crippen LogP contribution in [0.1, 0.15) is 40.5 Å². The van der Waals surface area contributed by atoms with E-state index in [-0.39, 0.29) is 30.1 Å². The Morgan fingerprint density at radius 2 is 2.04 bits per heavy atom. The molecule has 0 aliphatic carbocycles. The van der Waals surface area contributed by atoms with Gasteiger partial charge in [0.15, 0.2) is 0 Å². The third-order valence-corrected chi connectivity index (χ3v) is 4.54. The Kier molecular flexibility index (Phi) is 5.73. The molecule has 1 fully saturated rings. The van der Waals surface area contributed by atoms with Gasteiger partial charge in [0, 0.05) is 18.3 Å². The molecule has 3 rings (SSSR count). The van der Waals surface area contributed by atoms with Crippen molar-refractivity contribution in [3.05, 3.63) is 65.2 Å². The molecule has 1 saturated heterocycles. The first-order valence-electron chi connectivity index (χ1n) is 8.51. The maximum Gasteiger partial charge on any atom is 0.269 e. The zero-order valence-electron chi connectivity index (χ0n) is 14.0. The van der Waals surface area contributed by atoms with E-state index in [1.807, 2.05) is 6.07 Å². The first kappa shape index (κ1) is 17.5. The number of nitrogens with one attached hydrogen (secondary N) is 1. The molecule has 1 aliphatic rings. The van der Waals surface area contributed by atoms with E-state index in [1.54, 1.807) is 24.3 Å². The average Bonchev–Trinajstić information content (AvgIpc) is 3.17. The monoisotopic (exact) mass is 343 g/mol. The zero-order valence-corrected chi connectivity index (χ0v) is 14.0. The standard InChI is InChI=1S/C19H22FN3O2/c20-16-6-2-1-5-15(16)18(23-9-3-4-10-23)12-22-19(25)17-11-14(13-24)7-8-21-17/h1-2,5-8,11,18,24H,3-4,9-10,12-13H2,(H,22,25)/t18-/m1/s1. The molecule has 1 aliphatic heterocycles. The molecule has 1 amide bonds. The first-order chi connectivity index (χ1) is 12.2. The van der Waals surface area contributed by atoms with E-state index in [0.717, 1.165) is 25.9 Å². The number of nitrogens with zero attached hydrogens (tertiary/aromatic N) is 2. The fraction of sp³-hybridized carbons (Fsp3) is 0.368. The van der Waals surface area contributed by atoms with Crippen molar-refractivity contribution in [2.75, 3.05) is 19.6 Å². The number of halogens is 1. The van der Waals surface area contributed by atoms with E-state index >= 15 is 0 Å². The number of hydrogen-bond donors (Lipinski definition) is 2. The van der Waals surface area contributed by atoms with Gasteiger partial charge >= 0.3 is 0 Å². The molecule has 25 heavy (non-hydrogen) atoms. The second kappa shape index (κ2) is 8.18. The molecule has 132 valence electrons. The van der Waals surface area contributed by atoms with Crippen LogP contribution < -0.4 is 5.32 Å². The molecule has 1 aromatic heterocycles. The quantitative estimate of drug-likeness (QED) is 0.845. The van der Waals surface area contributed by atoms with Crippen LogP contribution in [-0.2, 0) is 6.61 Å². The molecule has 6 heteroatoms. The molecular formula is C19H22FN3O2. The summed E-state index contributed by atoms with van der Waals surface area (Å²) in [6.45, 7) is 1.96. The van der Waals surface area contributed by atoms with Crippen LogP contribution >= 0.6 is 0 Å². The molecule has 0 saturated carbocycles. The van der Waals surface area contributed by atoms with Gasteiger partial charge in [-0.25, -0.2) is 4.39 Å². The number of aliphatic hydroxyl groups is 1. The Balaban J connectivity index is 1.74. The third kappa shape index (κ3) is 4.21. The lowest BCUT2D eigenvalue weighted by Gasteiger charge is -2.28. The second-order valence-electron chi connectivity index (χ2n) is 6.20. The third-order valence-electron chi connectivity index (χ3n) is 4.54. The van der Waals surface area contributed by atoms with Crippen LogP contribution in [0.4, 0.5) is 4.39 Å². The lowest BCUT2D eigenvalue weighted by molar-refractivity contribution is 0.0932. The van der Waals surface area contributed by atoms with Crippen LogP contribution in [0.2, 0.25) is 0 Å². The number of carbonyl (C=O) groups is 1. The van der Waals surface area contributed by atoms with Crippen LogP contribution in [-0.4, -0.2) is 40.5 Å². The number of rotatable bonds is 6. The second-order valence-corrected chi connectivity index (χ2v) is 6.20. The summed E-state index contributed by atoms with van der Waals surface area (Å²) >= 11 is 0. The average molecular weight is 343 g/mol. The molecule has 0 unspecified atom stereocenters. The van der Waals surface area contributed by atoms with Crippen molar-refractivity contribution < 1.29 is 14.3 Å². The summed E-state index contributed by atoms with van der Waals surface area (Å²) in [6.07, 6.45) is 3.66. The van der Waals surface area contributed by atoms with E-state index < -0.39 is 0 Å². The lowest BCUT2D eigenvalue weighted by Crippen LogP contribution is -2.37. The van der Waals surface area contributed by atoms with Gasteiger partial charge in [0.25, 0.3) is 5.91 Å². The Labute approximate surface area is 146 Å². The number of benzene rings is 1. The Morgan fingerprint density at radius 3 is 2.76 bits per heavy atom. The highest BCUT2D eigenvalue weighted by Crippen LogP contribution is 2.26. The van der Waals surface area contributed by atoms with E-state index in [4.69, 9.17) is 0 Å². The van der Waals surface area contributed by atoms with E-state index in [0.29, 0.717) is 17.7 Å². The lowest BCUT2D eigenvalue weighted by atomic mass is 10.0. The van der Waals surface area contributed by atoms with Gasteiger partial charge in [-0.05, 0) is 49.7 Å². The van der Waals surface area contributed by atoms with Gasteiger partial charge in [-0.3, -0.25) is 14.7 Å². The van der Waals surface area contributed by atoms with E-state index in [9.17, 15) is 14.3 Å². The molecule has 0 spiro atoms. The van der Waals surface area contributed by atoms with Crippen LogP contribution in [0.15, 0.2) is 42.6 Å². The van der Waals surface area contributed by atoms with Crippen LogP contribution in [0.25, 0.3) is 0 Å². The summed E-state index contributed by atoms with van der Waals surface area (Å²) in [5.74, 6) is -0.579. The molecule has 2 aromatic rings. The predicted molar refractivity (Wildman–Crippen MR) is 92.4 cm³/mol. The largest absolute Gasteiger partial charge is 0.392 e. The highest BCUT2D eigenvalue weighted by Gasteiger charge is 2.26. The van der Waals surface area contributed by atoms with Crippen molar-refractivity contribution in [2.45, 2.75) is 25.5 Å². The number of carbonyl (C=O) groups excluding carboxylic acids is 1. The topological polar surface area (TPSA) is 65.5 Å². The maximum absolute atomic E-state index is 14.3. The number of amides is 1. The summed E-state index contributed by atoms with van der Waals surface area (Å²) < 4.78 is 14.3. The van der Waals surface area contributed by atoms with Crippen molar-refractivity contribution in [3.63, 3.8) is 0 Å². The van der Waals surface area contributed by atoms with Crippen molar-refractivity contribution in [2.24, 2.45) is 0 Å². The van der Waals surface area contributed by atoms with Gasteiger partial charge in [0.05, 0.1) is 12.6 Å². The Bertz CT molecular complexity index is 732. The predicted octanol–water partition coefficient (Wildman–Crippen LogP) is 2.28. The molecule has 0 radical (unpaired) electrons. The van der Waals surface area contributed by atoms with Crippen molar-refractivity contribution in [1.29, 1.82) is 0 Å². The smallest absolute Gasteiger partial charge is 0.269 e. The number of likely N-dealkylation sites (tertiary alicyclic amines) is 1. The molecular weight excluding hydrogens is 321 g/mol. The molecule has 5 nitrogen and oxygen atoms in total. The molecule has 0 bridgehead atoms. The SMILES string of the molecule is O=C(NC[C@H](c1ccccc1F)N1CCCC1)c1cc(CO)ccn1. The normalized spacial score (nSPS) is 15.9. The molecule has 1 aromatic carbocycles. The first-order valence-corrected chi connectivity index (χ1v) is 8.51.